The largest absolute Gasteiger partial charge is 0.493 e. The summed E-state index contributed by atoms with van der Waals surface area (Å²) < 4.78 is 18.2. The van der Waals surface area contributed by atoms with Gasteiger partial charge >= 0.3 is 6.03 Å². The van der Waals surface area contributed by atoms with Crippen molar-refractivity contribution in [3.63, 3.8) is 0 Å². The highest BCUT2D eigenvalue weighted by atomic mass is 16.5. The van der Waals surface area contributed by atoms with Gasteiger partial charge in [0.05, 0.1) is 38.9 Å². The summed E-state index contributed by atoms with van der Waals surface area (Å²) in [6, 6.07) is 10.7. The number of aromatic nitrogens is 2. The number of amides is 2. The number of anilines is 2. The first-order valence-electron chi connectivity index (χ1n) is 9.65. The van der Waals surface area contributed by atoms with E-state index in [2.05, 4.69) is 20.2 Å². The number of rotatable bonds is 6. The van der Waals surface area contributed by atoms with Gasteiger partial charge < -0.3 is 29.4 Å². The molecule has 0 spiro atoms. The van der Waals surface area contributed by atoms with Gasteiger partial charge in [0.1, 0.15) is 5.82 Å². The number of nitrogens with zero attached hydrogens (tertiary/aromatic N) is 2. The number of fused-ring (bicyclic) bond motifs is 1. The molecule has 0 radical (unpaired) electrons. The number of methoxy groups -OCH3 is 3. The predicted octanol–water partition coefficient (Wildman–Crippen LogP) is 4.17. The normalized spacial score (nSPS) is 12.2. The average molecular weight is 408 g/mol. The van der Waals surface area contributed by atoms with Gasteiger partial charge in [-0.1, -0.05) is 12.1 Å². The molecule has 30 heavy (non-hydrogen) atoms. The third-order valence-corrected chi connectivity index (χ3v) is 5.08. The lowest BCUT2D eigenvalue weighted by Crippen LogP contribution is -2.19. The Hall–Kier alpha value is -3.68. The summed E-state index contributed by atoms with van der Waals surface area (Å²) in [7, 11) is 4.58. The molecule has 1 aliphatic heterocycles. The molecule has 0 saturated carbocycles. The van der Waals surface area contributed by atoms with Gasteiger partial charge in [-0.2, -0.15) is 0 Å². The van der Waals surface area contributed by atoms with Crippen LogP contribution >= 0.6 is 0 Å². The number of carbonyl (C=O) groups excluding carboxylic acids is 1. The number of carbonyl (C=O) groups is 1. The molecular weight excluding hydrogens is 384 g/mol. The molecule has 1 aliphatic rings. The van der Waals surface area contributed by atoms with Crippen LogP contribution in [0.15, 0.2) is 42.6 Å². The molecule has 2 amide bonds. The van der Waals surface area contributed by atoms with Crippen molar-refractivity contribution in [1.29, 1.82) is 0 Å². The molecule has 4 rings (SSSR count). The third-order valence-electron chi connectivity index (χ3n) is 5.08. The minimum absolute atomic E-state index is 0.373. The standard InChI is InChI=1S/C22H24N4O4/c1-28-18-11-16(12-19(29-2)21(18)30-3)25-22(27)24-15-8-6-14(7-9-15)17-13-23-20-5-4-10-26(17)20/h6-9,11-13H,4-5,10H2,1-3H3,(H2,24,25,27). The van der Waals surface area contributed by atoms with Crippen molar-refractivity contribution < 1.29 is 19.0 Å². The Morgan fingerprint density at radius 1 is 0.967 bits per heavy atom. The first kappa shape index (κ1) is 19.6. The summed E-state index contributed by atoms with van der Waals surface area (Å²) in [6.07, 6.45) is 4.08. The third kappa shape index (κ3) is 3.76. The molecule has 156 valence electrons. The molecule has 2 N–H and O–H groups in total. The second kappa shape index (κ2) is 8.36. The van der Waals surface area contributed by atoms with E-state index >= 15 is 0 Å². The van der Waals surface area contributed by atoms with Crippen LogP contribution in [0, 0.1) is 0 Å². The van der Waals surface area contributed by atoms with Crippen molar-refractivity contribution >= 4 is 17.4 Å². The molecule has 0 bridgehead atoms. The monoisotopic (exact) mass is 408 g/mol. The van der Waals surface area contributed by atoms with E-state index in [-0.39, 0.29) is 6.03 Å². The van der Waals surface area contributed by atoms with Crippen LogP contribution in [-0.2, 0) is 13.0 Å². The molecule has 2 aromatic carbocycles. The Morgan fingerprint density at radius 2 is 1.63 bits per heavy atom. The first-order chi connectivity index (χ1) is 14.6. The number of urea groups is 1. The van der Waals surface area contributed by atoms with E-state index in [1.165, 1.54) is 21.3 Å². The van der Waals surface area contributed by atoms with Gasteiger partial charge in [0.2, 0.25) is 5.75 Å². The zero-order valence-electron chi connectivity index (χ0n) is 17.2. The van der Waals surface area contributed by atoms with Crippen molar-refractivity contribution in [2.45, 2.75) is 19.4 Å². The second-order valence-corrected chi connectivity index (χ2v) is 6.89. The van der Waals surface area contributed by atoms with Crippen LogP contribution in [0.5, 0.6) is 17.2 Å². The Bertz CT molecular complexity index is 1030. The minimum atomic E-state index is -0.373. The molecule has 8 heteroatoms. The average Bonchev–Trinajstić information content (AvgIpc) is 3.37. The molecule has 3 aromatic rings. The highest BCUT2D eigenvalue weighted by molar-refractivity contribution is 6.00. The number of nitrogens with one attached hydrogen (secondary N) is 2. The lowest BCUT2D eigenvalue weighted by molar-refractivity contribution is 0.262. The van der Waals surface area contributed by atoms with E-state index in [0.717, 1.165) is 36.5 Å². The maximum Gasteiger partial charge on any atom is 0.323 e. The molecular formula is C22H24N4O4. The van der Waals surface area contributed by atoms with E-state index in [4.69, 9.17) is 14.2 Å². The van der Waals surface area contributed by atoms with Crippen LogP contribution in [0.4, 0.5) is 16.2 Å². The van der Waals surface area contributed by atoms with Crippen LogP contribution in [0.2, 0.25) is 0 Å². The summed E-state index contributed by atoms with van der Waals surface area (Å²) in [6.45, 7) is 1.00. The first-order valence-corrected chi connectivity index (χ1v) is 9.65. The maximum atomic E-state index is 12.5. The van der Waals surface area contributed by atoms with Gasteiger partial charge in [-0.25, -0.2) is 9.78 Å². The van der Waals surface area contributed by atoms with Gasteiger partial charge in [0.25, 0.3) is 0 Å². The summed E-state index contributed by atoms with van der Waals surface area (Å²) in [5, 5.41) is 5.62. The Kier molecular flexibility index (Phi) is 5.47. The zero-order chi connectivity index (χ0) is 21.1. The summed E-state index contributed by atoms with van der Waals surface area (Å²) in [5.41, 5.74) is 3.39. The Morgan fingerprint density at radius 3 is 2.27 bits per heavy atom. The molecule has 8 nitrogen and oxygen atoms in total. The fourth-order valence-electron chi connectivity index (χ4n) is 3.66. The second-order valence-electron chi connectivity index (χ2n) is 6.89. The van der Waals surface area contributed by atoms with Gasteiger partial charge in [-0.05, 0) is 24.1 Å². The van der Waals surface area contributed by atoms with E-state index < -0.39 is 0 Å². The number of imidazole rings is 1. The van der Waals surface area contributed by atoms with Crippen molar-refractivity contribution in [2.75, 3.05) is 32.0 Å². The molecule has 2 heterocycles. The number of hydrogen-bond donors (Lipinski definition) is 2. The van der Waals surface area contributed by atoms with E-state index in [0.29, 0.717) is 28.6 Å². The Labute approximate surface area is 174 Å². The van der Waals surface area contributed by atoms with Crippen molar-refractivity contribution in [3.8, 4) is 28.5 Å². The number of ether oxygens (including phenoxy) is 3. The number of hydrogen-bond acceptors (Lipinski definition) is 5. The molecule has 0 saturated heterocycles. The number of aryl methyl sites for hydroxylation is 1. The van der Waals surface area contributed by atoms with Crippen LogP contribution in [0.1, 0.15) is 12.2 Å². The summed E-state index contributed by atoms with van der Waals surface area (Å²) >= 11 is 0. The quantitative estimate of drug-likeness (QED) is 0.639. The highest BCUT2D eigenvalue weighted by Crippen LogP contribution is 2.40. The van der Waals surface area contributed by atoms with Crippen LogP contribution in [0.3, 0.4) is 0 Å². The molecule has 0 fully saturated rings. The van der Waals surface area contributed by atoms with Gasteiger partial charge in [-0.15, -0.1) is 0 Å². The molecule has 0 aliphatic carbocycles. The molecule has 0 atom stereocenters. The van der Waals surface area contributed by atoms with Gasteiger partial charge in [0, 0.05) is 30.8 Å². The lowest BCUT2D eigenvalue weighted by atomic mass is 10.1. The smallest absolute Gasteiger partial charge is 0.323 e. The topological polar surface area (TPSA) is 86.6 Å². The fraction of sp³-hybridized carbons (Fsp3) is 0.273. The van der Waals surface area contributed by atoms with Crippen molar-refractivity contribution in [1.82, 2.24) is 9.55 Å². The van der Waals surface area contributed by atoms with Gasteiger partial charge in [0.15, 0.2) is 11.5 Å². The van der Waals surface area contributed by atoms with Crippen LogP contribution < -0.4 is 24.8 Å². The predicted molar refractivity (Wildman–Crippen MR) is 115 cm³/mol. The zero-order valence-corrected chi connectivity index (χ0v) is 17.2. The minimum Gasteiger partial charge on any atom is -0.493 e. The molecule has 1 aromatic heterocycles. The van der Waals surface area contributed by atoms with Crippen molar-refractivity contribution in [2.24, 2.45) is 0 Å². The van der Waals surface area contributed by atoms with Crippen LogP contribution in [-0.4, -0.2) is 36.9 Å². The summed E-state index contributed by atoms with van der Waals surface area (Å²) in [4.78, 5) is 16.9. The summed E-state index contributed by atoms with van der Waals surface area (Å²) in [5.74, 6) is 2.53. The van der Waals surface area contributed by atoms with Gasteiger partial charge in [-0.3, -0.25) is 0 Å². The van der Waals surface area contributed by atoms with E-state index in [1.807, 2.05) is 30.5 Å². The maximum absolute atomic E-state index is 12.5. The highest BCUT2D eigenvalue weighted by Gasteiger charge is 2.17. The number of benzene rings is 2. The van der Waals surface area contributed by atoms with Crippen LogP contribution in [0.25, 0.3) is 11.3 Å². The lowest BCUT2D eigenvalue weighted by Gasteiger charge is -2.15. The van der Waals surface area contributed by atoms with E-state index in [1.54, 1.807) is 12.1 Å². The fourth-order valence-corrected chi connectivity index (χ4v) is 3.66. The Balaban J connectivity index is 1.45. The van der Waals surface area contributed by atoms with Crippen molar-refractivity contribution in [3.05, 3.63) is 48.4 Å². The SMILES string of the molecule is COc1cc(NC(=O)Nc2ccc(-c3cnc4n3CCC4)cc2)cc(OC)c1OC. The van der Waals surface area contributed by atoms with E-state index in [9.17, 15) is 4.79 Å². The molecule has 0 unspecified atom stereocenters.